The molecule has 1 fully saturated rings. The van der Waals surface area contributed by atoms with E-state index in [2.05, 4.69) is 10.1 Å². The molecule has 3 aromatic rings. The van der Waals surface area contributed by atoms with Gasteiger partial charge in [-0.05, 0) is 37.3 Å². The maximum absolute atomic E-state index is 12.9. The van der Waals surface area contributed by atoms with Crippen molar-refractivity contribution in [2.24, 2.45) is 0 Å². The molecular formula is C22H19ClF3N5O2. The molecular weight excluding hydrogens is 459 g/mol. The number of piperazine rings is 1. The topological polar surface area (TPSA) is 71.3 Å². The molecule has 0 saturated carbocycles. The highest BCUT2D eigenvalue weighted by molar-refractivity contribution is 6.32. The molecule has 0 bridgehead atoms. The fourth-order valence-electron chi connectivity index (χ4n) is 3.60. The van der Waals surface area contributed by atoms with Gasteiger partial charge in [0.25, 0.3) is 11.8 Å². The van der Waals surface area contributed by atoms with Gasteiger partial charge in [0.1, 0.15) is 5.82 Å². The Balaban J connectivity index is 1.43. The normalized spacial score (nSPS) is 14.5. The van der Waals surface area contributed by atoms with Gasteiger partial charge in [-0.1, -0.05) is 29.8 Å². The Bertz CT molecular complexity index is 1200. The number of carbonyl (C=O) groups excluding carboxylic acids is 2. The van der Waals surface area contributed by atoms with Gasteiger partial charge in [-0.3, -0.25) is 9.59 Å². The van der Waals surface area contributed by atoms with E-state index in [0.717, 1.165) is 12.1 Å². The van der Waals surface area contributed by atoms with E-state index >= 15 is 0 Å². The second-order valence-corrected chi connectivity index (χ2v) is 7.92. The number of carbonyl (C=O) groups is 2. The SMILES string of the molecule is Cc1nc(C(=O)N2CCN(C(=O)c3cccc(C(F)(F)F)c3)CC2)nn1-c1ccccc1Cl. The number of benzene rings is 2. The number of halogens is 4. The maximum atomic E-state index is 12.9. The standard InChI is InChI=1S/C22H19ClF3N5O2/c1-14-27-19(28-31(14)18-8-3-2-7-17(18)23)21(33)30-11-9-29(10-12-30)20(32)15-5-4-6-16(13-15)22(24,25)26/h2-8,13H,9-12H2,1H3. The van der Waals surface area contributed by atoms with Gasteiger partial charge in [0.2, 0.25) is 5.82 Å². The minimum absolute atomic E-state index is 0.00470. The zero-order valence-corrected chi connectivity index (χ0v) is 18.3. The molecule has 1 saturated heterocycles. The predicted octanol–water partition coefficient (Wildman–Crippen LogP) is 3.85. The van der Waals surface area contributed by atoms with Crippen molar-refractivity contribution in [2.75, 3.05) is 26.2 Å². The fourth-order valence-corrected chi connectivity index (χ4v) is 3.81. The lowest BCUT2D eigenvalue weighted by molar-refractivity contribution is -0.137. The molecule has 1 aliphatic rings. The zero-order valence-electron chi connectivity index (χ0n) is 17.5. The van der Waals surface area contributed by atoms with Gasteiger partial charge in [-0.2, -0.15) is 13.2 Å². The highest BCUT2D eigenvalue weighted by atomic mass is 35.5. The summed E-state index contributed by atoms with van der Waals surface area (Å²) in [4.78, 5) is 32.8. The molecule has 2 amide bonds. The molecule has 0 spiro atoms. The predicted molar refractivity (Wildman–Crippen MR) is 114 cm³/mol. The Morgan fingerprint density at radius 3 is 2.21 bits per heavy atom. The third kappa shape index (κ3) is 4.70. The molecule has 1 aromatic heterocycles. The number of para-hydroxylation sites is 1. The van der Waals surface area contributed by atoms with E-state index in [1.165, 1.54) is 26.6 Å². The van der Waals surface area contributed by atoms with Gasteiger partial charge in [0.05, 0.1) is 16.3 Å². The van der Waals surface area contributed by atoms with Crippen LogP contribution >= 0.6 is 11.6 Å². The quantitative estimate of drug-likeness (QED) is 0.574. The third-order valence-corrected chi connectivity index (χ3v) is 5.65. The Morgan fingerprint density at radius 1 is 0.939 bits per heavy atom. The van der Waals surface area contributed by atoms with E-state index in [0.29, 0.717) is 16.5 Å². The second kappa shape index (κ2) is 8.86. The van der Waals surface area contributed by atoms with Crippen LogP contribution in [-0.2, 0) is 6.18 Å². The van der Waals surface area contributed by atoms with Gasteiger partial charge in [-0.25, -0.2) is 9.67 Å². The minimum Gasteiger partial charge on any atom is -0.335 e. The molecule has 7 nitrogen and oxygen atoms in total. The van der Waals surface area contributed by atoms with Crippen LogP contribution in [0.4, 0.5) is 13.2 Å². The minimum atomic E-state index is -4.53. The summed E-state index contributed by atoms with van der Waals surface area (Å²) in [7, 11) is 0. The van der Waals surface area contributed by atoms with Gasteiger partial charge in [-0.15, -0.1) is 5.10 Å². The molecule has 4 rings (SSSR count). The van der Waals surface area contributed by atoms with E-state index in [9.17, 15) is 22.8 Å². The van der Waals surface area contributed by atoms with Gasteiger partial charge in [0, 0.05) is 31.7 Å². The van der Waals surface area contributed by atoms with Crippen molar-refractivity contribution in [1.29, 1.82) is 0 Å². The van der Waals surface area contributed by atoms with Crippen molar-refractivity contribution < 1.29 is 22.8 Å². The molecule has 2 heterocycles. The number of aromatic nitrogens is 3. The summed E-state index contributed by atoms with van der Waals surface area (Å²) in [6, 6.07) is 11.4. The van der Waals surface area contributed by atoms with Crippen LogP contribution in [0.3, 0.4) is 0 Å². The van der Waals surface area contributed by atoms with Crippen molar-refractivity contribution in [2.45, 2.75) is 13.1 Å². The first-order valence-corrected chi connectivity index (χ1v) is 10.5. The molecule has 1 aliphatic heterocycles. The van der Waals surface area contributed by atoms with Gasteiger partial charge < -0.3 is 9.80 Å². The Hall–Kier alpha value is -3.40. The number of alkyl halides is 3. The first-order valence-electron chi connectivity index (χ1n) is 10.1. The summed E-state index contributed by atoms with van der Waals surface area (Å²) >= 11 is 6.22. The van der Waals surface area contributed by atoms with E-state index in [1.54, 1.807) is 31.2 Å². The summed E-state index contributed by atoms with van der Waals surface area (Å²) in [5.41, 5.74) is -0.321. The molecule has 2 aromatic carbocycles. The number of nitrogens with zero attached hydrogens (tertiary/aromatic N) is 5. The summed E-state index contributed by atoms with van der Waals surface area (Å²) in [6.45, 7) is 2.50. The Kier molecular flexibility index (Phi) is 6.11. The molecule has 0 aliphatic carbocycles. The number of hydrogen-bond donors (Lipinski definition) is 0. The maximum Gasteiger partial charge on any atom is 0.416 e. The lowest BCUT2D eigenvalue weighted by Crippen LogP contribution is -2.50. The first kappa shape index (κ1) is 22.8. The molecule has 11 heteroatoms. The Morgan fingerprint density at radius 2 is 1.58 bits per heavy atom. The van der Waals surface area contributed by atoms with Gasteiger partial charge in [0.15, 0.2) is 0 Å². The lowest BCUT2D eigenvalue weighted by Gasteiger charge is -2.34. The van der Waals surface area contributed by atoms with E-state index in [4.69, 9.17) is 11.6 Å². The number of amides is 2. The van der Waals surface area contributed by atoms with Crippen molar-refractivity contribution in [1.82, 2.24) is 24.6 Å². The van der Waals surface area contributed by atoms with Crippen LogP contribution in [0.2, 0.25) is 5.02 Å². The fraction of sp³-hybridized carbons (Fsp3) is 0.273. The van der Waals surface area contributed by atoms with E-state index in [1.807, 2.05) is 0 Å². The molecule has 33 heavy (non-hydrogen) atoms. The third-order valence-electron chi connectivity index (χ3n) is 5.33. The average Bonchev–Trinajstić information content (AvgIpc) is 3.19. The monoisotopic (exact) mass is 477 g/mol. The van der Waals surface area contributed by atoms with Crippen LogP contribution < -0.4 is 0 Å². The zero-order chi connectivity index (χ0) is 23.8. The second-order valence-electron chi connectivity index (χ2n) is 7.51. The van der Waals surface area contributed by atoms with Crippen LogP contribution in [0, 0.1) is 6.92 Å². The summed E-state index contributed by atoms with van der Waals surface area (Å²) in [6.07, 6.45) is -4.53. The highest BCUT2D eigenvalue weighted by Crippen LogP contribution is 2.30. The summed E-state index contributed by atoms with van der Waals surface area (Å²) in [5.74, 6) is -0.407. The number of hydrogen-bond acceptors (Lipinski definition) is 4. The highest BCUT2D eigenvalue weighted by Gasteiger charge is 2.32. The van der Waals surface area contributed by atoms with Crippen molar-refractivity contribution in [3.63, 3.8) is 0 Å². The van der Waals surface area contributed by atoms with Crippen LogP contribution in [0.15, 0.2) is 48.5 Å². The van der Waals surface area contributed by atoms with Crippen LogP contribution in [0.25, 0.3) is 5.69 Å². The van der Waals surface area contributed by atoms with Crippen molar-refractivity contribution in [3.8, 4) is 5.69 Å². The largest absolute Gasteiger partial charge is 0.416 e. The smallest absolute Gasteiger partial charge is 0.335 e. The van der Waals surface area contributed by atoms with Crippen LogP contribution in [0.1, 0.15) is 32.4 Å². The number of rotatable bonds is 3. The van der Waals surface area contributed by atoms with Crippen molar-refractivity contribution >= 4 is 23.4 Å². The molecule has 0 N–H and O–H groups in total. The van der Waals surface area contributed by atoms with E-state index in [-0.39, 0.29) is 37.6 Å². The van der Waals surface area contributed by atoms with E-state index < -0.39 is 23.6 Å². The molecule has 0 atom stereocenters. The molecule has 172 valence electrons. The van der Waals surface area contributed by atoms with Crippen molar-refractivity contribution in [3.05, 3.63) is 76.3 Å². The van der Waals surface area contributed by atoms with Crippen LogP contribution in [-0.4, -0.2) is 62.6 Å². The summed E-state index contributed by atoms with van der Waals surface area (Å²) < 4.78 is 40.3. The number of aryl methyl sites for hydroxylation is 1. The lowest BCUT2D eigenvalue weighted by atomic mass is 10.1. The first-order chi connectivity index (χ1) is 15.6. The summed E-state index contributed by atoms with van der Waals surface area (Å²) in [5, 5.41) is 4.76. The van der Waals surface area contributed by atoms with Gasteiger partial charge >= 0.3 is 6.18 Å². The molecule has 0 radical (unpaired) electrons. The van der Waals surface area contributed by atoms with Crippen LogP contribution in [0.5, 0.6) is 0 Å². The Labute approximate surface area is 192 Å². The average molecular weight is 478 g/mol. The molecule has 0 unspecified atom stereocenters.